The number of likely N-dealkylation sites (N-methyl/N-ethyl adjacent to an activating group) is 1. The lowest BCUT2D eigenvalue weighted by molar-refractivity contribution is -0.384. The SMILES string of the molecule is CC1=CC(C)(C)N(C)c2cc(Cl)c(/C=N/Nc3ncccc3[N+](=O)[O-])cc21. The Morgan fingerprint density at radius 2 is 2.15 bits per heavy atom. The molecule has 0 saturated heterocycles. The van der Waals surface area contributed by atoms with E-state index in [9.17, 15) is 10.1 Å². The highest BCUT2D eigenvalue weighted by Gasteiger charge is 2.29. The summed E-state index contributed by atoms with van der Waals surface area (Å²) in [5.74, 6) is 0.0744. The van der Waals surface area contributed by atoms with E-state index in [1.807, 2.05) is 19.2 Å². The van der Waals surface area contributed by atoms with E-state index in [1.165, 1.54) is 24.5 Å². The van der Waals surface area contributed by atoms with E-state index in [1.54, 1.807) is 0 Å². The van der Waals surface area contributed by atoms with Gasteiger partial charge in [0.05, 0.1) is 21.7 Å². The molecule has 0 fully saturated rings. The van der Waals surface area contributed by atoms with Gasteiger partial charge in [-0.15, -0.1) is 0 Å². The van der Waals surface area contributed by atoms with Gasteiger partial charge in [0.1, 0.15) is 0 Å². The second kappa shape index (κ2) is 7.00. The number of hydrogen-bond donors (Lipinski definition) is 1. The molecule has 1 aromatic heterocycles. The van der Waals surface area contributed by atoms with Gasteiger partial charge in [-0.05, 0) is 44.5 Å². The van der Waals surface area contributed by atoms with Gasteiger partial charge < -0.3 is 4.90 Å². The van der Waals surface area contributed by atoms with Crippen molar-refractivity contribution in [3.63, 3.8) is 0 Å². The zero-order chi connectivity index (χ0) is 19.8. The highest BCUT2D eigenvalue weighted by molar-refractivity contribution is 6.33. The standard InChI is InChI=1S/C19H20ClN5O2/c1-12-10-19(2,3)24(4)17-9-15(20)13(8-14(12)17)11-22-23-18-16(25(26)27)6-5-7-21-18/h5-11H,1-4H3,(H,21,23)/b22-11+. The van der Waals surface area contributed by atoms with Crippen LogP contribution < -0.4 is 10.3 Å². The number of fused-ring (bicyclic) bond motifs is 1. The molecule has 27 heavy (non-hydrogen) atoms. The lowest BCUT2D eigenvalue weighted by Gasteiger charge is -2.40. The van der Waals surface area contributed by atoms with Crippen LogP contribution in [0, 0.1) is 10.1 Å². The van der Waals surface area contributed by atoms with Crippen LogP contribution in [0.15, 0.2) is 41.6 Å². The maximum absolute atomic E-state index is 11.0. The summed E-state index contributed by atoms with van der Waals surface area (Å²) in [5, 5.41) is 15.7. The lowest BCUT2D eigenvalue weighted by atomic mass is 9.88. The number of anilines is 2. The third-order valence-electron chi connectivity index (χ3n) is 4.69. The zero-order valence-corrected chi connectivity index (χ0v) is 16.3. The summed E-state index contributed by atoms with van der Waals surface area (Å²) in [6.07, 6.45) is 5.20. The van der Waals surface area contributed by atoms with Crippen LogP contribution >= 0.6 is 11.6 Å². The fourth-order valence-corrected chi connectivity index (χ4v) is 3.29. The van der Waals surface area contributed by atoms with E-state index in [0.29, 0.717) is 10.6 Å². The number of pyridine rings is 1. The van der Waals surface area contributed by atoms with Crippen molar-refractivity contribution in [2.24, 2.45) is 5.10 Å². The Morgan fingerprint density at radius 1 is 1.41 bits per heavy atom. The molecular formula is C19H20ClN5O2. The Kier molecular flexibility index (Phi) is 4.89. The highest BCUT2D eigenvalue weighted by Crippen LogP contribution is 2.40. The first-order valence-corrected chi connectivity index (χ1v) is 8.74. The Bertz CT molecular complexity index is 969. The molecule has 0 unspecified atom stereocenters. The third-order valence-corrected chi connectivity index (χ3v) is 5.02. The number of aromatic nitrogens is 1. The maximum Gasteiger partial charge on any atom is 0.313 e. The van der Waals surface area contributed by atoms with E-state index in [4.69, 9.17) is 11.6 Å². The molecule has 1 aromatic carbocycles. The summed E-state index contributed by atoms with van der Waals surface area (Å²) in [6, 6.07) is 6.75. The van der Waals surface area contributed by atoms with Gasteiger partial charge in [0.2, 0.25) is 5.82 Å². The van der Waals surface area contributed by atoms with E-state index in [-0.39, 0.29) is 17.0 Å². The number of nitrogens with one attached hydrogen (secondary N) is 1. The first-order valence-electron chi connectivity index (χ1n) is 8.36. The summed E-state index contributed by atoms with van der Waals surface area (Å²) in [4.78, 5) is 16.6. The van der Waals surface area contributed by atoms with Crippen LogP contribution in [0.25, 0.3) is 5.57 Å². The number of nitrogens with zero attached hydrogens (tertiary/aromatic N) is 4. The third kappa shape index (κ3) is 3.64. The average Bonchev–Trinajstić information content (AvgIpc) is 2.60. The Morgan fingerprint density at radius 3 is 2.85 bits per heavy atom. The molecule has 1 aliphatic heterocycles. The molecule has 0 aliphatic carbocycles. The molecule has 0 radical (unpaired) electrons. The van der Waals surface area contributed by atoms with Crippen molar-refractivity contribution in [2.75, 3.05) is 17.4 Å². The van der Waals surface area contributed by atoms with Crippen LogP contribution in [-0.4, -0.2) is 28.7 Å². The van der Waals surface area contributed by atoms with Gasteiger partial charge in [-0.2, -0.15) is 5.10 Å². The van der Waals surface area contributed by atoms with Gasteiger partial charge in [0.15, 0.2) is 0 Å². The van der Waals surface area contributed by atoms with E-state index in [0.717, 1.165) is 16.8 Å². The molecule has 0 spiro atoms. The molecule has 0 bridgehead atoms. The normalized spacial score (nSPS) is 15.4. The van der Waals surface area contributed by atoms with Crippen molar-refractivity contribution in [1.29, 1.82) is 0 Å². The molecule has 1 aliphatic rings. The van der Waals surface area contributed by atoms with Crippen molar-refractivity contribution in [2.45, 2.75) is 26.3 Å². The second-order valence-electron chi connectivity index (χ2n) is 6.93. The summed E-state index contributed by atoms with van der Waals surface area (Å²) in [7, 11) is 2.04. The van der Waals surface area contributed by atoms with Gasteiger partial charge in [-0.3, -0.25) is 15.5 Å². The fourth-order valence-electron chi connectivity index (χ4n) is 3.08. The first-order chi connectivity index (χ1) is 12.7. The van der Waals surface area contributed by atoms with E-state index < -0.39 is 4.92 Å². The molecule has 140 valence electrons. The van der Waals surface area contributed by atoms with Gasteiger partial charge in [-0.1, -0.05) is 17.7 Å². The van der Waals surface area contributed by atoms with E-state index >= 15 is 0 Å². The number of halogens is 1. The predicted molar refractivity (Wildman–Crippen MR) is 110 cm³/mol. The van der Waals surface area contributed by atoms with Gasteiger partial charge in [0.25, 0.3) is 0 Å². The van der Waals surface area contributed by atoms with E-state index in [2.05, 4.69) is 47.3 Å². The van der Waals surface area contributed by atoms with Crippen LogP contribution in [0.5, 0.6) is 0 Å². The van der Waals surface area contributed by atoms with Crippen LogP contribution in [0.4, 0.5) is 17.2 Å². The number of rotatable bonds is 4. The molecule has 0 amide bonds. The largest absolute Gasteiger partial charge is 0.365 e. The number of benzene rings is 1. The summed E-state index contributed by atoms with van der Waals surface area (Å²) >= 11 is 6.44. The Labute approximate surface area is 162 Å². The topological polar surface area (TPSA) is 83.7 Å². The quantitative estimate of drug-likeness (QED) is 0.467. The van der Waals surface area contributed by atoms with Gasteiger partial charge >= 0.3 is 5.69 Å². The van der Waals surface area contributed by atoms with Crippen LogP contribution in [0.2, 0.25) is 5.02 Å². The summed E-state index contributed by atoms with van der Waals surface area (Å²) in [6.45, 7) is 6.36. The molecule has 3 rings (SSSR count). The zero-order valence-electron chi connectivity index (χ0n) is 15.5. The summed E-state index contributed by atoms with van der Waals surface area (Å²) in [5.41, 5.74) is 6.37. The van der Waals surface area contributed by atoms with Crippen LogP contribution in [0.1, 0.15) is 31.9 Å². The molecule has 0 atom stereocenters. The number of hydrazone groups is 1. The van der Waals surface area contributed by atoms with Crippen molar-refractivity contribution in [1.82, 2.24) is 4.98 Å². The molecular weight excluding hydrogens is 366 g/mol. The Hall–Kier alpha value is -2.93. The lowest BCUT2D eigenvalue weighted by Crippen LogP contribution is -2.42. The molecule has 1 N–H and O–H groups in total. The van der Waals surface area contributed by atoms with Crippen LogP contribution in [0.3, 0.4) is 0 Å². The monoisotopic (exact) mass is 385 g/mol. The fraction of sp³-hybridized carbons (Fsp3) is 0.263. The van der Waals surface area contributed by atoms with Crippen molar-refractivity contribution in [3.8, 4) is 0 Å². The minimum Gasteiger partial charge on any atom is -0.365 e. The smallest absolute Gasteiger partial charge is 0.313 e. The number of nitro groups is 1. The van der Waals surface area contributed by atoms with Gasteiger partial charge in [0, 0.05) is 36.1 Å². The number of hydrogen-bond acceptors (Lipinski definition) is 6. The highest BCUT2D eigenvalue weighted by atomic mass is 35.5. The van der Waals surface area contributed by atoms with Crippen molar-refractivity contribution < 1.29 is 4.92 Å². The maximum atomic E-state index is 11.0. The predicted octanol–water partition coefficient (Wildman–Crippen LogP) is 4.72. The minimum absolute atomic E-state index is 0.0744. The minimum atomic E-state index is -0.511. The molecule has 7 nitrogen and oxygen atoms in total. The molecule has 8 heteroatoms. The molecule has 2 heterocycles. The molecule has 0 saturated carbocycles. The van der Waals surface area contributed by atoms with Crippen molar-refractivity contribution in [3.05, 3.63) is 62.8 Å². The van der Waals surface area contributed by atoms with Crippen molar-refractivity contribution >= 4 is 40.6 Å². The number of allylic oxidation sites excluding steroid dienone is 1. The summed E-state index contributed by atoms with van der Waals surface area (Å²) < 4.78 is 0. The van der Waals surface area contributed by atoms with Gasteiger partial charge in [-0.25, -0.2) is 4.98 Å². The first kappa shape index (κ1) is 18.8. The average molecular weight is 386 g/mol. The molecule has 2 aromatic rings. The van der Waals surface area contributed by atoms with Crippen LogP contribution in [-0.2, 0) is 0 Å². The Balaban J connectivity index is 1.91. The second-order valence-corrected chi connectivity index (χ2v) is 7.34.